The van der Waals surface area contributed by atoms with Gasteiger partial charge in [-0.3, -0.25) is 14.8 Å². The van der Waals surface area contributed by atoms with Gasteiger partial charge in [-0.2, -0.15) is 5.10 Å². The lowest BCUT2D eigenvalue weighted by atomic mass is 9.99. The normalized spacial score (nSPS) is 14.4. The van der Waals surface area contributed by atoms with Crippen molar-refractivity contribution in [1.82, 2.24) is 15.1 Å². The van der Waals surface area contributed by atoms with E-state index in [1.807, 2.05) is 19.9 Å². The number of carbonyl (C=O) groups excluding carboxylic acids is 1. The second-order valence-corrected chi connectivity index (χ2v) is 5.95. The molecule has 23 heavy (non-hydrogen) atoms. The zero-order valence-electron chi connectivity index (χ0n) is 13.8. The number of H-pyrrole nitrogens is 1. The van der Waals surface area contributed by atoms with Crippen LogP contribution < -0.4 is 10.1 Å². The van der Waals surface area contributed by atoms with Crippen LogP contribution in [0.15, 0.2) is 18.2 Å². The molecule has 0 saturated carbocycles. The highest BCUT2D eigenvalue weighted by atomic mass is 16.5. The number of rotatable bonds is 4. The number of aryl methyl sites for hydroxylation is 2. The maximum Gasteiger partial charge on any atom is 0.238 e. The first kappa shape index (κ1) is 15.6. The second-order valence-electron chi connectivity index (χ2n) is 5.95. The van der Waals surface area contributed by atoms with Crippen molar-refractivity contribution in [2.75, 3.05) is 25.5 Å². The average molecular weight is 314 g/mol. The summed E-state index contributed by atoms with van der Waals surface area (Å²) in [4.78, 5) is 14.5. The number of anilines is 1. The molecule has 0 bridgehead atoms. The highest BCUT2D eigenvalue weighted by Crippen LogP contribution is 2.24. The van der Waals surface area contributed by atoms with Crippen molar-refractivity contribution in [1.29, 1.82) is 0 Å². The third-order valence-electron chi connectivity index (χ3n) is 4.26. The SMILES string of the molecule is COc1ccc2c(c1)CN(CC(=O)Nc1c(C)n[nH]c1C)CC2. The number of amides is 1. The first-order valence-corrected chi connectivity index (χ1v) is 7.76. The third kappa shape index (κ3) is 3.37. The maximum absolute atomic E-state index is 12.3. The molecule has 0 radical (unpaired) electrons. The number of methoxy groups -OCH3 is 1. The predicted octanol–water partition coefficient (Wildman–Crippen LogP) is 2.03. The summed E-state index contributed by atoms with van der Waals surface area (Å²) >= 11 is 0. The molecule has 2 aromatic rings. The van der Waals surface area contributed by atoms with Crippen LogP contribution in [-0.2, 0) is 17.8 Å². The fourth-order valence-corrected chi connectivity index (χ4v) is 2.97. The zero-order valence-corrected chi connectivity index (χ0v) is 13.8. The van der Waals surface area contributed by atoms with Crippen molar-refractivity contribution in [2.24, 2.45) is 0 Å². The number of nitrogens with zero attached hydrogens (tertiary/aromatic N) is 2. The van der Waals surface area contributed by atoms with Gasteiger partial charge in [-0.25, -0.2) is 0 Å². The molecule has 2 heterocycles. The molecular formula is C17H22N4O2. The average Bonchev–Trinajstić information content (AvgIpc) is 2.86. The maximum atomic E-state index is 12.3. The minimum atomic E-state index is -0.0102. The molecule has 1 aliphatic rings. The van der Waals surface area contributed by atoms with Gasteiger partial charge in [0.1, 0.15) is 5.75 Å². The van der Waals surface area contributed by atoms with E-state index in [2.05, 4.69) is 32.5 Å². The molecule has 1 aliphatic heterocycles. The Morgan fingerprint density at radius 2 is 2.22 bits per heavy atom. The van der Waals surface area contributed by atoms with Crippen LogP contribution in [0.2, 0.25) is 0 Å². The van der Waals surface area contributed by atoms with Gasteiger partial charge in [-0.15, -0.1) is 0 Å². The zero-order chi connectivity index (χ0) is 16.4. The first-order chi connectivity index (χ1) is 11.1. The van der Waals surface area contributed by atoms with Gasteiger partial charge in [0.05, 0.1) is 30.7 Å². The van der Waals surface area contributed by atoms with Crippen molar-refractivity contribution in [3.8, 4) is 5.75 Å². The Hall–Kier alpha value is -2.34. The highest BCUT2D eigenvalue weighted by molar-refractivity contribution is 5.93. The van der Waals surface area contributed by atoms with E-state index in [9.17, 15) is 4.79 Å². The molecule has 6 nitrogen and oxygen atoms in total. The molecule has 0 fully saturated rings. The summed E-state index contributed by atoms with van der Waals surface area (Å²) in [6.45, 7) is 5.81. The van der Waals surface area contributed by atoms with Crippen LogP contribution in [0.3, 0.4) is 0 Å². The summed E-state index contributed by atoms with van der Waals surface area (Å²) in [7, 11) is 1.67. The molecule has 1 aromatic heterocycles. The summed E-state index contributed by atoms with van der Waals surface area (Å²) < 4.78 is 5.28. The molecule has 0 saturated heterocycles. The van der Waals surface area contributed by atoms with Gasteiger partial charge in [0.25, 0.3) is 0 Å². The Morgan fingerprint density at radius 1 is 1.39 bits per heavy atom. The first-order valence-electron chi connectivity index (χ1n) is 7.76. The molecule has 0 spiro atoms. The summed E-state index contributed by atoms with van der Waals surface area (Å²) in [5.74, 6) is 0.851. The van der Waals surface area contributed by atoms with Crippen LogP contribution >= 0.6 is 0 Å². The fraction of sp³-hybridized carbons (Fsp3) is 0.412. The van der Waals surface area contributed by atoms with E-state index in [0.29, 0.717) is 6.54 Å². The Labute approximate surface area is 135 Å². The minimum absolute atomic E-state index is 0.0102. The Kier molecular flexibility index (Phi) is 4.34. The van der Waals surface area contributed by atoms with Crippen molar-refractivity contribution in [3.63, 3.8) is 0 Å². The van der Waals surface area contributed by atoms with Gasteiger partial charge in [-0.1, -0.05) is 6.07 Å². The molecule has 3 rings (SSSR count). The van der Waals surface area contributed by atoms with Crippen molar-refractivity contribution in [3.05, 3.63) is 40.7 Å². The summed E-state index contributed by atoms with van der Waals surface area (Å²) in [5, 5.41) is 9.93. The molecule has 1 aromatic carbocycles. The van der Waals surface area contributed by atoms with Gasteiger partial charge in [0, 0.05) is 13.1 Å². The largest absolute Gasteiger partial charge is 0.497 e. The highest BCUT2D eigenvalue weighted by Gasteiger charge is 2.20. The summed E-state index contributed by atoms with van der Waals surface area (Å²) in [5.41, 5.74) is 5.05. The van der Waals surface area contributed by atoms with Crippen LogP contribution in [0.25, 0.3) is 0 Å². The van der Waals surface area contributed by atoms with E-state index in [-0.39, 0.29) is 5.91 Å². The Morgan fingerprint density at radius 3 is 2.91 bits per heavy atom. The smallest absolute Gasteiger partial charge is 0.238 e. The third-order valence-corrected chi connectivity index (χ3v) is 4.26. The van der Waals surface area contributed by atoms with Gasteiger partial charge in [-0.05, 0) is 43.5 Å². The number of carbonyl (C=O) groups is 1. The molecule has 2 N–H and O–H groups in total. The van der Waals surface area contributed by atoms with E-state index < -0.39 is 0 Å². The number of ether oxygens (including phenoxy) is 1. The Balaban J connectivity index is 1.64. The van der Waals surface area contributed by atoms with E-state index in [0.717, 1.165) is 42.3 Å². The number of fused-ring (bicyclic) bond motifs is 1. The van der Waals surface area contributed by atoms with Crippen molar-refractivity contribution in [2.45, 2.75) is 26.8 Å². The molecule has 6 heteroatoms. The minimum Gasteiger partial charge on any atom is -0.497 e. The number of nitrogens with one attached hydrogen (secondary N) is 2. The van der Waals surface area contributed by atoms with E-state index in [1.54, 1.807) is 7.11 Å². The molecule has 1 amide bonds. The van der Waals surface area contributed by atoms with E-state index in [1.165, 1.54) is 11.1 Å². The number of hydrogen-bond donors (Lipinski definition) is 2. The van der Waals surface area contributed by atoms with Crippen LogP contribution in [0.1, 0.15) is 22.5 Å². The number of hydrogen-bond acceptors (Lipinski definition) is 4. The second kappa shape index (κ2) is 6.42. The fourth-order valence-electron chi connectivity index (χ4n) is 2.97. The summed E-state index contributed by atoms with van der Waals surface area (Å²) in [6, 6.07) is 6.17. The lowest BCUT2D eigenvalue weighted by Gasteiger charge is -2.28. The standard InChI is InChI=1S/C17H22N4O2/c1-11-17(12(2)20-19-11)18-16(22)10-21-7-6-13-4-5-15(23-3)8-14(13)9-21/h4-5,8H,6-7,9-10H2,1-3H3,(H,18,22)(H,19,20). The van der Waals surface area contributed by atoms with E-state index >= 15 is 0 Å². The van der Waals surface area contributed by atoms with Crippen LogP contribution in [0, 0.1) is 13.8 Å². The topological polar surface area (TPSA) is 70.2 Å². The van der Waals surface area contributed by atoms with Gasteiger partial charge >= 0.3 is 0 Å². The molecule has 122 valence electrons. The van der Waals surface area contributed by atoms with Gasteiger partial charge < -0.3 is 10.1 Å². The Bertz CT molecular complexity index is 704. The predicted molar refractivity (Wildman–Crippen MR) is 88.7 cm³/mol. The lowest BCUT2D eigenvalue weighted by molar-refractivity contribution is -0.117. The number of aromatic nitrogens is 2. The summed E-state index contributed by atoms with van der Waals surface area (Å²) in [6.07, 6.45) is 0.955. The van der Waals surface area contributed by atoms with Crippen molar-refractivity contribution >= 4 is 11.6 Å². The molecule has 0 aliphatic carbocycles. The number of benzene rings is 1. The van der Waals surface area contributed by atoms with Gasteiger partial charge in [0.2, 0.25) is 5.91 Å². The molecule has 0 unspecified atom stereocenters. The van der Waals surface area contributed by atoms with Crippen LogP contribution in [0.5, 0.6) is 5.75 Å². The molecular weight excluding hydrogens is 292 g/mol. The van der Waals surface area contributed by atoms with Crippen molar-refractivity contribution < 1.29 is 9.53 Å². The number of aromatic amines is 1. The lowest BCUT2D eigenvalue weighted by Crippen LogP contribution is -2.37. The van der Waals surface area contributed by atoms with Crippen LogP contribution in [-0.4, -0.2) is 41.2 Å². The van der Waals surface area contributed by atoms with E-state index in [4.69, 9.17) is 4.74 Å². The van der Waals surface area contributed by atoms with Crippen LogP contribution in [0.4, 0.5) is 5.69 Å². The molecule has 0 atom stereocenters. The van der Waals surface area contributed by atoms with Gasteiger partial charge in [0.15, 0.2) is 0 Å². The quantitative estimate of drug-likeness (QED) is 0.906. The monoisotopic (exact) mass is 314 g/mol.